The maximum absolute atomic E-state index is 12.3. The molecule has 1 fully saturated rings. The third-order valence-electron chi connectivity index (χ3n) is 3.75. The van der Waals surface area contributed by atoms with E-state index in [2.05, 4.69) is 17.6 Å². The van der Waals surface area contributed by atoms with E-state index in [0.717, 1.165) is 24.9 Å². The molecule has 1 heterocycles. The highest BCUT2D eigenvalue weighted by Gasteiger charge is 2.28. The summed E-state index contributed by atoms with van der Waals surface area (Å²) in [5.41, 5.74) is 0.932. The maximum Gasteiger partial charge on any atom is 0.237 e. The van der Waals surface area contributed by atoms with Crippen LogP contribution in [0, 0.1) is 5.92 Å². The van der Waals surface area contributed by atoms with Crippen LogP contribution in [0.2, 0.25) is 0 Å². The smallest absolute Gasteiger partial charge is 0.237 e. The number of carbonyl (C=O) groups excluding carboxylic acids is 1. The van der Waals surface area contributed by atoms with Crippen LogP contribution >= 0.6 is 0 Å². The summed E-state index contributed by atoms with van der Waals surface area (Å²) in [6.45, 7) is 2.89. The number of amides is 1. The third-order valence-corrected chi connectivity index (χ3v) is 3.75. The van der Waals surface area contributed by atoms with E-state index in [4.69, 9.17) is 0 Å². The Kier molecular flexibility index (Phi) is 4.93. The normalized spacial score (nSPS) is 24.7. The van der Waals surface area contributed by atoms with Crippen molar-refractivity contribution < 1.29 is 9.90 Å². The molecule has 3 atom stereocenters. The summed E-state index contributed by atoms with van der Waals surface area (Å²) in [7, 11) is 0. The van der Waals surface area contributed by atoms with Crippen LogP contribution in [0.5, 0.6) is 0 Å². The molecular weight excluding hydrogens is 240 g/mol. The Labute approximate surface area is 114 Å². The fourth-order valence-electron chi connectivity index (χ4n) is 2.58. The maximum atomic E-state index is 12.3. The Morgan fingerprint density at radius 1 is 1.47 bits per heavy atom. The Morgan fingerprint density at radius 3 is 2.84 bits per heavy atom. The van der Waals surface area contributed by atoms with Crippen LogP contribution in [-0.2, 0) is 4.79 Å². The zero-order valence-corrected chi connectivity index (χ0v) is 11.3. The van der Waals surface area contributed by atoms with Gasteiger partial charge in [0.05, 0.1) is 18.7 Å². The second kappa shape index (κ2) is 6.68. The van der Waals surface area contributed by atoms with Crippen molar-refractivity contribution in [2.24, 2.45) is 5.92 Å². The number of hydrogen-bond donors (Lipinski definition) is 3. The van der Waals surface area contributed by atoms with Gasteiger partial charge in [0.25, 0.3) is 0 Å². The molecule has 1 aromatic rings. The van der Waals surface area contributed by atoms with Crippen molar-refractivity contribution in [3.05, 3.63) is 35.9 Å². The largest absolute Gasteiger partial charge is 0.394 e. The van der Waals surface area contributed by atoms with Crippen LogP contribution in [0.25, 0.3) is 0 Å². The van der Waals surface area contributed by atoms with Crippen LogP contribution < -0.4 is 10.6 Å². The average molecular weight is 262 g/mol. The molecule has 4 nitrogen and oxygen atoms in total. The predicted molar refractivity (Wildman–Crippen MR) is 74.6 cm³/mol. The van der Waals surface area contributed by atoms with E-state index in [1.54, 1.807) is 0 Å². The lowest BCUT2D eigenvalue weighted by molar-refractivity contribution is -0.125. The molecule has 1 aromatic carbocycles. The molecule has 2 rings (SSSR count). The Bertz CT molecular complexity index is 408. The van der Waals surface area contributed by atoms with E-state index < -0.39 is 0 Å². The summed E-state index contributed by atoms with van der Waals surface area (Å²) in [6.07, 6.45) is 2.19. The second-order valence-corrected chi connectivity index (χ2v) is 5.21. The number of rotatable bonds is 4. The monoisotopic (exact) mass is 262 g/mol. The molecule has 19 heavy (non-hydrogen) atoms. The van der Waals surface area contributed by atoms with E-state index in [1.807, 2.05) is 30.3 Å². The fraction of sp³-hybridized carbons (Fsp3) is 0.533. The molecule has 0 bridgehead atoms. The summed E-state index contributed by atoms with van der Waals surface area (Å²) in [4.78, 5) is 12.3. The lowest BCUT2D eigenvalue weighted by atomic mass is 9.92. The predicted octanol–water partition coefficient (Wildman–Crippen LogP) is 1.22. The number of hydrogen-bond acceptors (Lipinski definition) is 3. The van der Waals surface area contributed by atoms with E-state index in [9.17, 15) is 9.90 Å². The second-order valence-electron chi connectivity index (χ2n) is 5.21. The minimum atomic E-state index is -0.329. The molecule has 0 spiro atoms. The first-order chi connectivity index (χ1) is 9.22. The van der Waals surface area contributed by atoms with Crippen molar-refractivity contribution in [2.75, 3.05) is 13.2 Å². The van der Waals surface area contributed by atoms with Crippen molar-refractivity contribution in [1.82, 2.24) is 10.6 Å². The number of aliphatic hydroxyl groups excluding tert-OH is 1. The highest BCUT2D eigenvalue weighted by Crippen LogP contribution is 2.17. The van der Waals surface area contributed by atoms with Crippen LogP contribution in [0.4, 0.5) is 0 Å². The molecule has 3 N–H and O–H groups in total. The zero-order chi connectivity index (χ0) is 13.7. The molecule has 1 aliphatic heterocycles. The summed E-state index contributed by atoms with van der Waals surface area (Å²) < 4.78 is 0. The van der Waals surface area contributed by atoms with Crippen molar-refractivity contribution in [3.8, 4) is 0 Å². The van der Waals surface area contributed by atoms with E-state index in [0.29, 0.717) is 5.92 Å². The van der Waals surface area contributed by atoms with Gasteiger partial charge >= 0.3 is 0 Å². The standard InChI is InChI=1S/C15H22N2O2/c1-11-6-5-9-16-14(11)15(19)17-13(10-18)12-7-3-2-4-8-12/h2-4,7-8,11,13-14,16,18H,5-6,9-10H2,1H3,(H,17,19)/t11?,13-,14?/m0/s1. The van der Waals surface area contributed by atoms with Crippen molar-refractivity contribution >= 4 is 5.91 Å². The van der Waals surface area contributed by atoms with Gasteiger partial charge in [0.15, 0.2) is 0 Å². The van der Waals surface area contributed by atoms with Crippen LogP contribution in [0.1, 0.15) is 31.4 Å². The van der Waals surface area contributed by atoms with E-state index >= 15 is 0 Å². The number of carbonyl (C=O) groups is 1. The van der Waals surface area contributed by atoms with Gasteiger partial charge in [-0.05, 0) is 30.9 Å². The van der Waals surface area contributed by atoms with Crippen molar-refractivity contribution in [3.63, 3.8) is 0 Å². The van der Waals surface area contributed by atoms with Gasteiger partial charge in [0, 0.05) is 0 Å². The lowest BCUT2D eigenvalue weighted by Gasteiger charge is -2.30. The van der Waals surface area contributed by atoms with Gasteiger partial charge in [-0.2, -0.15) is 0 Å². The van der Waals surface area contributed by atoms with Crippen molar-refractivity contribution in [2.45, 2.75) is 31.8 Å². The zero-order valence-electron chi connectivity index (χ0n) is 11.3. The average Bonchev–Trinajstić information content (AvgIpc) is 2.46. The quantitative estimate of drug-likeness (QED) is 0.764. The number of nitrogens with one attached hydrogen (secondary N) is 2. The minimum Gasteiger partial charge on any atom is -0.394 e. The number of piperidine rings is 1. The number of benzene rings is 1. The number of aliphatic hydroxyl groups is 1. The van der Waals surface area contributed by atoms with Gasteiger partial charge in [-0.3, -0.25) is 4.79 Å². The Hall–Kier alpha value is -1.39. The van der Waals surface area contributed by atoms with Gasteiger partial charge in [-0.1, -0.05) is 37.3 Å². The first kappa shape index (κ1) is 14.0. The molecule has 0 radical (unpaired) electrons. The molecule has 1 aliphatic rings. The first-order valence-corrected chi connectivity index (χ1v) is 6.92. The topological polar surface area (TPSA) is 61.4 Å². The Morgan fingerprint density at radius 2 is 2.21 bits per heavy atom. The third kappa shape index (κ3) is 3.55. The first-order valence-electron chi connectivity index (χ1n) is 6.92. The summed E-state index contributed by atoms with van der Waals surface area (Å²) in [6, 6.07) is 9.09. The summed E-state index contributed by atoms with van der Waals surface area (Å²) >= 11 is 0. The molecule has 4 heteroatoms. The van der Waals surface area contributed by atoms with E-state index in [-0.39, 0.29) is 24.6 Å². The van der Waals surface area contributed by atoms with Crippen LogP contribution in [-0.4, -0.2) is 30.2 Å². The highest BCUT2D eigenvalue weighted by molar-refractivity contribution is 5.82. The van der Waals surface area contributed by atoms with Crippen molar-refractivity contribution in [1.29, 1.82) is 0 Å². The van der Waals surface area contributed by atoms with E-state index in [1.165, 1.54) is 0 Å². The summed E-state index contributed by atoms with van der Waals surface area (Å²) in [5.74, 6) is 0.318. The van der Waals surface area contributed by atoms with Gasteiger partial charge in [0.2, 0.25) is 5.91 Å². The van der Waals surface area contributed by atoms with Crippen LogP contribution in [0.3, 0.4) is 0 Å². The molecule has 104 valence electrons. The van der Waals surface area contributed by atoms with Gasteiger partial charge < -0.3 is 15.7 Å². The fourth-order valence-corrected chi connectivity index (χ4v) is 2.58. The SMILES string of the molecule is CC1CCCNC1C(=O)N[C@@H](CO)c1ccccc1. The molecule has 0 aliphatic carbocycles. The minimum absolute atomic E-state index is 0.0184. The highest BCUT2D eigenvalue weighted by atomic mass is 16.3. The molecule has 1 saturated heterocycles. The van der Waals surface area contributed by atoms with Gasteiger partial charge in [-0.25, -0.2) is 0 Å². The molecule has 1 amide bonds. The molecule has 0 saturated carbocycles. The Balaban J connectivity index is 2.00. The molecule has 0 aromatic heterocycles. The lowest BCUT2D eigenvalue weighted by Crippen LogP contribution is -2.51. The molecule has 2 unspecified atom stereocenters. The summed E-state index contributed by atoms with van der Waals surface area (Å²) in [5, 5.41) is 15.6. The van der Waals surface area contributed by atoms with Crippen LogP contribution in [0.15, 0.2) is 30.3 Å². The van der Waals surface area contributed by atoms with Gasteiger partial charge in [-0.15, -0.1) is 0 Å². The molecular formula is C15H22N2O2. The van der Waals surface area contributed by atoms with Gasteiger partial charge in [0.1, 0.15) is 0 Å².